The number of hydrogen-bond acceptors (Lipinski definition) is 4. The highest BCUT2D eigenvalue weighted by molar-refractivity contribution is 5.42. The van der Waals surface area contributed by atoms with Crippen LogP contribution in [0, 0.1) is 11.3 Å². The SMILES string of the molecule is CNc1ncccc1CN(CCC#N)C1CC1. The summed E-state index contributed by atoms with van der Waals surface area (Å²) < 4.78 is 0. The highest BCUT2D eigenvalue weighted by atomic mass is 15.2. The lowest BCUT2D eigenvalue weighted by atomic mass is 10.2. The third-order valence-electron chi connectivity index (χ3n) is 3.08. The molecule has 1 aliphatic carbocycles. The van der Waals surface area contributed by atoms with Crippen LogP contribution < -0.4 is 5.32 Å². The zero-order valence-electron chi connectivity index (χ0n) is 10.2. The second-order valence-corrected chi connectivity index (χ2v) is 4.37. The van der Waals surface area contributed by atoms with Gasteiger partial charge >= 0.3 is 0 Å². The zero-order chi connectivity index (χ0) is 12.1. The summed E-state index contributed by atoms with van der Waals surface area (Å²) in [5, 5.41) is 11.8. The molecule has 0 radical (unpaired) electrons. The van der Waals surface area contributed by atoms with E-state index < -0.39 is 0 Å². The van der Waals surface area contributed by atoms with E-state index >= 15 is 0 Å². The van der Waals surface area contributed by atoms with Gasteiger partial charge in [-0.15, -0.1) is 0 Å². The molecule has 0 aromatic carbocycles. The molecular formula is C13H18N4. The first-order valence-electron chi connectivity index (χ1n) is 6.08. The fraction of sp³-hybridized carbons (Fsp3) is 0.538. The van der Waals surface area contributed by atoms with Crippen molar-refractivity contribution in [2.45, 2.75) is 31.8 Å². The van der Waals surface area contributed by atoms with Crippen molar-refractivity contribution >= 4 is 5.82 Å². The lowest BCUT2D eigenvalue weighted by Crippen LogP contribution is -2.27. The van der Waals surface area contributed by atoms with E-state index in [2.05, 4.69) is 27.3 Å². The first kappa shape index (κ1) is 11.9. The molecule has 1 saturated carbocycles. The van der Waals surface area contributed by atoms with Gasteiger partial charge in [0, 0.05) is 44.4 Å². The third kappa shape index (κ3) is 3.18. The number of pyridine rings is 1. The van der Waals surface area contributed by atoms with Crippen LogP contribution in [-0.2, 0) is 6.54 Å². The molecule has 1 aromatic heterocycles. The van der Waals surface area contributed by atoms with Gasteiger partial charge in [0.05, 0.1) is 6.07 Å². The molecule has 0 aliphatic heterocycles. The van der Waals surface area contributed by atoms with Crippen LogP contribution in [-0.4, -0.2) is 29.5 Å². The normalized spacial score (nSPS) is 14.6. The molecular weight excluding hydrogens is 212 g/mol. The molecule has 0 atom stereocenters. The topological polar surface area (TPSA) is 52.0 Å². The van der Waals surface area contributed by atoms with Crippen LogP contribution in [0.15, 0.2) is 18.3 Å². The Morgan fingerprint density at radius 1 is 1.59 bits per heavy atom. The van der Waals surface area contributed by atoms with Gasteiger partial charge in [-0.3, -0.25) is 4.90 Å². The van der Waals surface area contributed by atoms with Gasteiger partial charge in [-0.2, -0.15) is 5.26 Å². The molecule has 2 rings (SSSR count). The molecule has 1 heterocycles. The van der Waals surface area contributed by atoms with Gasteiger partial charge in [0.15, 0.2) is 0 Å². The summed E-state index contributed by atoms with van der Waals surface area (Å²) in [5.74, 6) is 0.940. The Bertz CT molecular complexity index is 406. The van der Waals surface area contributed by atoms with Crippen LogP contribution in [0.1, 0.15) is 24.8 Å². The second-order valence-electron chi connectivity index (χ2n) is 4.37. The molecule has 90 valence electrons. The van der Waals surface area contributed by atoms with Crippen LogP contribution in [0.25, 0.3) is 0 Å². The smallest absolute Gasteiger partial charge is 0.130 e. The Hall–Kier alpha value is -1.60. The highest BCUT2D eigenvalue weighted by Gasteiger charge is 2.28. The minimum atomic E-state index is 0.603. The van der Waals surface area contributed by atoms with E-state index in [1.54, 1.807) is 6.20 Å². The molecule has 0 bridgehead atoms. The van der Waals surface area contributed by atoms with Crippen molar-refractivity contribution in [3.05, 3.63) is 23.9 Å². The van der Waals surface area contributed by atoms with E-state index in [9.17, 15) is 0 Å². The summed E-state index contributed by atoms with van der Waals surface area (Å²) in [5.41, 5.74) is 1.21. The summed E-state index contributed by atoms with van der Waals surface area (Å²) in [6.07, 6.45) is 4.93. The Labute approximate surface area is 102 Å². The van der Waals surface area contributed by atoms with Crippen LogP contribution >= 0.6 is 0 Å². The van der Waals surface area contributed by atoms with Gasteiger partial charge in [-0.1, -0.05) is 6.07 Å². The molecule has 4 heteroatoms. The monoisotopic (exact) mass is 230 g/mol. The van der Waals surface area contributed by atoms with Crippen LogP contribution in [0.4, 0.5) is 5.82 Å². The highest BCUT2D eigenvalue weighted by Crippen LogP contribution is 2.29. The summed E-state index contributed by atoms with van der Waals surface area (Å²) in [6, 6.07) is 6.96. The number of hydrogen-bond donors (Lipinski definition) is 1. The third-order valence-corrected chi connectivity index (χ3v) is 3.08. The van der Waals surface area contributed by atoms with Crippen LogP contribution in [0.5, 0.6) is 0 Å². The maximum Gasteiger partial charge on any atom is 0.130 e. The van der Waals surface area contributed by atoms with Crippen LogP contribution in [0.2, 0.25) is 0 Å². The Kier molecular flexibility index (Phi) is 3.94. The second kappa shape index (κ2) is 5.65. The number of anilines is 1. The standard InChI is InChI=1S/C13H18N4/c1-15-13-11(4-2-8-16-13)10-17(9-3-7-14)12-5-6-12/h2,4,8,12H,3,5-6,9-10H2,1H3,(H,15,16). The van der Waals surface area contributed by atoms with Gasteiger partial charge in [-0.25, -0.2) is 4.98 Å². The first-order valence-corrected chi connectivity index (χ1v) is 6.08. The average molecular weight is 230 g/mol. The summed E-state index contributed by atoms with van der Waals surface area (Å²) in [6.45, 7) is 1.75. The Morgan fingerprint density at radius 2 is 2.41 bits per heavy atom. The molecule has 0 saturated heterocycles. The van der Waals surface area contributed by atoms with Crippen molar-refractivity contribution in [2.24, 2.45) is 0 Å². The maximum atomic E-state index is 8.68. The largest absolute Gasteiger partial charge is 0.373 e. The molecule has 0 amide bonds. The van der Waals surface area contributed by atoms with Gasteiger partial charge in [0.1, 0.15) is 5.82 Å². The van der Waals surface area contributed by atoms with Crippen molar-refractivity contribution < 1.29 is 0 Å². The van der Waals surface area contributed by atoms with Crippen molar-refractivity contribution in [2.75, 3.05) is 18.9 Å². The lowest BCUT2D eigenvalue weighted by molar-refractivity contribution is 0.261. The molecule has 1 aromatic rings. The molecule has 0 unspecified atom stereocenters. The molecule has 17 heavy (non-hydrogen) atoms. The molecule has 1 fully saturated rings. The van der Waals surface area contributed by atoms with Gasteiger partial charge in [0.2, 0.25) is 0 Å². The quantitative estimate of drug-likeness (QED) is 0.812. The summed E-state index contributed by atoms with van der Waals surface area (Å²) in [7, 11) is 1.89. The van der Waals surface area contributed by atoms with Crippen molar-refractivity contribution in [1.82, 2.24) is 9.88 Å². The van der Waals surface area contributed by atoms with E-state index in [-0.39, 0.29) is 0 Å². The zero-order valence-corrected chi connectivity index (χ0v) is 10.2. The van der Waals surface area contributed by atoms with Gasteiger partial charge in [0.25, 0.3) is 0 Å². The van der Waals surface area contributed by atoms with Crippen molar-refractivity contribution in [3.63, 3.8) is 0 Å². The predicted octanol–water partition coefficient (Wildman–Crippen LogP) is 2.00. The molecule has 1 aliphatic rings. The summed E-state index contributed by atoms with van der Waals surface area (Å²) >= 11 is 0. The molecule has 4 nitrogen and oxygen atoms in total. The Balaban J connectivity index is 2.03. The van der Waals surface area contributed by atoms with Crippen LogP contribution in [0.3, 0.4) is 0 Å². The van der Waals surface area contributed by atoms with E-state index in [4.69, 9.17) is 5.26 Å². The van der Waals surface area contributed by atoms with E-state index in [0.717, 1.165) is 18.9 Å². The molecule has 1 N–H and O–H groups in total. The summed E-state index contributed by atoms with van der Waals surface area (Å²) in [4.78, 5) is 6.70. The number of nitriles is 1. The number of rotatable bonds is 6. The minimum absolute atomic E-state index is 0.603. The number of aromatic nitrogens is 1. The van der Waals surface area contributed by atoms with E-state index in [1.165, 1.54) is 18.4 Å². The van der Waals surface area contributed by atoms with Crippen molar-refractivity contribution in [3.8, 4) is 6.07 Å². The Morgan fingerprint density at radius 3 is 3.06 bits per heavy atom. The number of nitrogens with zero attached hydrogens (tertiary/aromatic N) is 3. The predicted molar refractivity (Wildman–Crippen MR) is 67.4 cm³/mol. The minimum Gasteiger partial charge on any atom is -0.373 e. The first-order chi connectivity index (χ1) is 8.35. The van der Waals surface area contributed by atoms with Crippen molar-refractivity contribution in [1.29, 1.82) is 5.26 Å². The maximum absolute atomic E-state index is 8.68. The average Bonchev–Trinajstić information content (AvgIpc) is 3.19. The fourth-order valence-electron chi connectivity index (χ4n) is 2.03. The van der Waals surface area contributed by atoms with E-state index in [1.807, 2.05) is 13.1 Å². The lowest BCUT2D eigenvalue weighted by Gasteiger charge is -2.21. The number of nitrogens with one attached hydrogen (secondary N) is 1. The van der Waals surface area contributed by atoms with Gasteiger partial charge in [-0.05, 0) is 18.9 Å². The fourth-order valence-corrected chi connectivity index (χ4v) is 2.03. The molecule has 0 spiro atoms. The van der Waals surface area contributed by atoms with Gasteiger partial charge < -0.3 is 5.32 Å². The van der Waals surface area contributed by atoms with E-state index in [0.29, 0.717) is 12.5 Å².